The fourth-order valence-corrected chi connectivity index (χ4v) is 3.45. The van der Waals surface area contributed by atoms with E-state index in [0.717, 1.165) is 11.4 Å². The van der Waals surface area contributed by atoms with Gasteiger partial charge in [-0.3, -0.25) is 9.52 Å². The minimum Gasteiger partial charge on any atom is -0.467 e. The third-order valence-corrected chi connectivity index (χ3v) is 5.07. The molecule has 2 aromatic carbocycles. The first-order chi connectivity index (χ1) is 12.9. The molecule has 1 heterocycles. The number of hydrogen-bond donors (Lipinski definition) is 3. The zero-order valence-corrected chi connectivity index (χ0v) is 15.4. The topological polar surface area (TPSA) is 100 Å². The van der Waals surface area contributed by atoms with Crippen molar-refractivity contribution in [2.24, 2.45) is 0 Å². The number of carbonyl (C=O) groups excluding carboxylic acids is 1. The molecule has 0 spiro atoms. The van der Waals surface area contributed by atoms with Crippen molar-refractivity contribution in [3.05, 3.63) is 72.7 Å². The van der Waals surface area contributed by atoms with E-state index in [0.29, 0.717) is 17.9 Å². The average molecular weight is 385 g/mol. The summed E-state index contributed by atoms with van der Waals surface area (Å²) in [5.74, 6) is 0.590. The molecule has 3 aromatic rings. The van der Waals surface area contributed by atoms with Gasteiger partial charge in [-0.25, -0.2) is 8.42 Å². The van der Waals surface area contributed by atoms with Gasteiger partial charge >= 0.3 is 0 Å². The fourth-order valence-electron chi connectivity index (χ4n) is 2.39. The first-order valence-corrected chi connectivity index (χ1v) is 9.67. The quantitative estimate of drug-likeness (QED) is 0.576. The Labute approximate surface area is 157 Å². The molecule has 0 unspecified atom stereocenters. The lowest BCUT2D eigenvalue weighted by molar-refractivity contribution is -0.114. The van der Waals surface area contributed by atoms with E-state index in [1.807, 2.05) is 12.1 Å². The van der Waals surface area contributed by atoms with Crippen LogP contribution in [0.4, 0.5) is 17.1 Å². The van der Waals surface area contributed by atoms with Crippen molar-refractivity contribution < 1.29 is 17.6 Å². The molecular weight excluding hydrogens is 366 g/mol. The fraction of sp³-hybridized carbons (Fsp3) is 0.105. The molecule has 8 heteroatoms. The molecular formula is C19H19N3O4S. The number of rotatable bonds is 7. The Morgan fingerprint density at radius 1 is 0.926 bits per heavy atom. The van der Waals surface area contributed by atoms with Crippen molar-refractivity contribution in [2.75, 3.05) is 15.4 Å². The summed E-state index contributed by atoms with van der Waals surface area (Å²) in [5, 5.41) is 5.78. The molecule has 0 radical (unpaired) electrons. The standard InChI is InChI=1S/C19H19N3O4S/c1-14(23)21-16-8-10-19(11-9-16)27(24,25)22-17-6-4-15(5-7-17)20-13-18-3-2-12-26-18/h2-12,20,22H,13H2,1H3,(H,21,23). The van der Waals surface area contributed by atoms with Gasteiger partial charge in [0.15, 0.2) is 0 Å². The number of sulfonamides is 1. The van der Waals surface area contributed by atoms with Crippen LogP contribution in [0.3, 0.4) is 0 Å². The smallest absolute Gasteiger partial charge is 0.261 e. The van der Waals surface area contributed by atoms with E-state index in [4.69, 9.17) is 4.42 Å². The van der Waals surface area contributed by atoms with Gasteiger partial charge in [0, 0.05) is 24.0 Å². The van der Waals surface area contributed by atoms with Crippen LogP contribution >= 0.6 is 0 Å². The molecule has 3 rings (SSSR count). The molecule has 0 saturated heterocycles. The van der Waals surface area contributed by atoms with Crippen LogP contribution in [0.1, 0.15) is 12.7 Å². The molecule has 1 amide bonds. The third-order valence-electron chi connectivity index (χ3n) is 3.67. The molecule has 0 aliphatic heterocycles. The van der Waals surface area contributed by atoms with Crippen LogP contribution in [0.15, 0.2) is 76.2 Å². The molecule has 1 aromatic heterocycles. The molecule has 0 aliphatic carbocycles. The van der Waals surface area contributed by atoms with Gasteiger partial charge in [0.25, 0.3) is 10.0 Å². The highest BCUT2D eigenvalue weighted by molar-refractivity contribution is 7.92. The van der Waals surface area contributed by atoms with Crippen LogP contribution < -0.4 is 15.4 Å². The highest BCUT2D eigenvalue weighted by Gasteiger charge is 2.14. The second kappa shape index (κ2) is 7.96. The maximum atomic E-state index is 12.5. The van der Waals surface area contributed by atoms with Crippen molar-refractivity contribution in [2.45, 2.75) is 18.4 Å². The Balaban J connectivity index is 1.63. The van der Waals surface area contributed by atoms with Gasteiger partial charge < -0.3 is 15.1 Å². The van der Waals surface area contributed by atoms with Crippen LogP contribution in [-0.4, -0.2) is 14.3 Å². The lowest BCUT2D eigenvalue weighted by Gasteiger charge is -2.10. The van der Waals surface area contributed by atoms with Gasteiger partial charge in [-0.1, -0.05) is 0 Å². The van der Waals surface area contributed by atoms with Gasteiger partial charge in [0.1, 0.15) is 5.76 Å². The highest BCUT2D eigenvalue weighted by Crippen LogP contribution is 2.20. The van der Waals surface area contributed by atoms with Crippen LogP contribution in [0.25, 0.3) is 0 Å². The summed E-state index contributed by atoms with van der Waals surface area (Å²) in [7, 11) is -3.72. The Morgan fingerprint density at radius 2 is 1.56 bits per heavy atom. The number of benzene rings is 2. The summed E-state index contributed by atoms with van der Waals surface area (Å²) in [6, 6.07) is 16.5. The molecule has 0 saturated carbocycles. The monoisotopic (exact) mass is 385 g/mol. The first-order valence-electron chi connectivity index (χ1n) is 8.19. The minimum atomic E-state index is -3.72. The second-order valence-electron chi connectivity index (χ2n) is 5.82. The van der Waals surface area contributed by atoms with E-state index in [1.54, 1.807) is 30.5 Å². The Morgan fingerprint density at radius 3 is 2.15 bits per heavy atom. The molecule has 27 heavy (non-hydrogen) atoms. The van der Waals surface area contributed by atoms with Gasteiger partial charge in [-0.2, -0.15) is 0 Å². The summed E-state index contributed by atoms with van der Waals surface area (Å²) in [6.07, 6.45) is 1.61. The molecule has 140 valence electrons. The number of hydrogen-bond acceptors (Lipinski definition) is 5. The van der Waals surface area contributed by atoms with E-state index in [1.165, 1.54) is 31.2 Å². The van der Waals surface area contributed by atoms with Gasteiger partial charge in [0.05, 0.1) is 17.7 Å². The van der Waals surface area contributed by atoms with Crippen LogP contribution in [0, 0.1) is 0 Å². The second-order valence-corrected chi connectivity index (χ2v) is 7.50. The predicted octanol–water partition coefficient (Wildman–Crippen LogP) is 3.65. The van der Waals surface area contributed by atoms with Crippen molar-refractivity contribution in [1.29, 1.82) is 0 Å². The lowest BCUT2D eigenvalue weighted by atomic mass is 10.3. The number of furan rings is 1. The molecule has 0 atom stereocenters. The van der Waals surface area contributed by atoms with E-state index in [2.05, 4.69) is 15.4 Å². The summed E-state index contributed by atoms with van der Waals surface area (Å²) >= 11 is 0. The number of anilines is 3. The van der Waals surface area contributed by atoms with E-state index in [9.17, 15) is 13.2 Å². The SMILES string of the molecule is CC(=O)Nc1ccc(S(=O)(=O)Nc2ccc(NCc3ccco3)cc2)cc1. The summed E-state index contributed by atoms with van der Waals surface area (Å²) in [5.41, 5.74) is 1.83. The Kier molecular flexibility index (Phi) is 5.46. The summed E-state index contributed by atoms with van der Waals surface area (Å²) < 4.78 is 32.7. The first kappa shape index (κ1) is 18.5. The van der Waals surface area contributed by atoms with Crippen LogP contribution in [-0.2, 0) is 21.4 Å². The number of carbonyl (C=O) groups is 1. The summed E-state index contributed by atoms with van der Waals surface area (Å²) in [4.78, 5) is 11.1. The number of nitrogens with one attached hydrogen (secondary N) is 3. The van der Waals surface area contributed by atoms with Gasteiger partial charge in [-0.15, -0.1) is 0 Å². The van der Waals surface area contributed by atoms with Crippen molar-refractivity contribution in [3.63, 3.8) is 0 Å². The van der Waals surface area contributed by atoms with Gasteiger partial charge in [-0.05, 0) is 60.7 Å². The average Bonchev–Trinajstić information content (AvgIpc) is 3.14. The maximum Gasteiger partial charge on any atom is 0.261 e. The molecule has 3 N–H and O–H groups in total. The number of amides is 1. The largest absolute Gasteiger partial charge is 0.467 e. The summed E-state index contributed by atoms with van der Waals surface area (Å²) in [6.45, 7) is 1.93. The van der Waals surface area contributed by atoms with E-state index < -0.39 is 10.0 Å². The van der Waals surface area contributed by atoms with Gasteiger partial charge in [0.2, 0.25) is 5.91 Å². The van der Waals surface area contributed by atoms with Crippen molar-refractivity contribution >= 4 is 33.0 Å². The zero-order chi connectivity index (χ0) is 19.3. The van der Waals surface area contributed by atoms with Crippen LogP contribution in [0.2, 0.25) is 0 Å². The predicted molar refractivity (Wildman–Crippen MR) is 104 cm³/mol. The van der Waals surface area contributed by atoms with Crippen LogP contribution in [0.5, 0.6) is 0 Å². The van der Waals surface area contributed by atoms with Crippen molar-refractivity contribution in [3.8, 4) is 0 Å². The Hall–Kier alpha value is -3.26. The Bertz CT molecular complexity index is 996. The molecule has 0 fully saturated rings. The highest BCUT2D eigenvalue weighted by atomic mass is 32.2. The normalized spacial score (nSPS) is 11.0. The zero-order valence-electron chi connectivity index (χ0n) is 14.6. The third kappa shape index (κ3) is 5.11. The van der Waals surface area contributed by atoms with E-state index in [-0.39, 0.29) is 10.8 Å². The molecule has 0 aliphatic rings. The maximum absolute atomic E-state index is 12.5. The van der Waals surface area contributed by atoms with E-state index >= 15 is 0 Å². The minimum absolute atomic E-state index is 0.108. The molecule has 7 nitrogen and oxygen atoms in total. The molecule has 0 bridgehead atoms. The van der Waals surface area contributed by atoms with Crippen molar-refractivity contribution in [1.82, 2.24) is 0 Å². The lowest BCUT2D eigenvalue weighted by Crippen LogP contribution is -2.13.